The maximum absolute atomic E-state index is 13.4. The molecule has 2 aliphatic carbocycles. The van der Waals surface area contributed by atoms with Crippen LogP contribution in [0.25, 0.3) is 0 Å². The number of amides is 2. The Hall–Kier alpha value is -2.95. The summed E-state index contributed by atoms with van der Waals surface area (Å²) in [6.07, 6.45) is 5.99. The average molecular weight is 517 g/mol. The van der Waals surface area contributed by atoms with E-state index in [2.05, 4.69) is 5.32 Å². The third-order valence-corrected chi connectivity index (χ3v) is 7.51. The lowest BCUT2D eigenvalue weighted by Crippen LogP contribution is -2.59. The van der Waals surface area contributed by atoms with Crippen LogP contribution in [0.4, 0.5) is 0 Å². The summed E-state index contributed by atoms with van der Waals surface area (Å²) < 4.78 is 16.9. The van der Waals surface area contributed by atoms with E-state index < -0.39 is 30.1 Å². The Morgan fingerprint density at radius 3 is 2.54 bits per heavy atom. The summed E-state index contributed by atoms with van der Waals surface area (Å²) >= 11 is 0. The van der Waals surface area contributed by atoms with Crippen molar-refractivity contribution in [2.75, 3.05) is 34.0 Å². The number of fused-ring (bicyclic) bond motifs is 3. The summed E-state index contributed by atoms with van der Waals surface area (Å²) in [4.78, 5) is 40.0. The van der Waals surface area contributed by atoms with Gasteiger partial charge in [-0.3, -0.25) is 14.4 Å². The molecule has 0 radical (unpaired) electrons. The molecule has 1 saturated carbocycles. The molecule has 10 heteroatoms. The maximum Gasteiger partial charge on any atom is 0.249 e. The van der Waals surface area contributed by atoms with Gasteiger partial charge in [0, 0.05) is 36.4 Å². The van der Waals surface area contributed by atoms with E-state index in [1.807, 2.05) is 0 Å². The van der Waals surface area contributed by atoms with Crippen LogP contribution in [0.5, 0.6) is 11.5 Å². The molecule has 2 amide bonds. The van der Waals surface area contributed by atoms with E-state index >= 15 is 0 Å². The van der Waals surface area contributed by atoms with Crippen LogP contribution in [0.3, 0.4) is 0 Å². The van der Waals surface area contributed by atoms with E-state index in [4.69, 9.17) is 14.2 Å². The second-order valence-electron chi connectivity index (χ2n) is 9.78. The highest BCUT2D eigenvalue weighted by Crippen LogP contribution is 2.51. The zero-order chi connectivity index (χ0) is 26.5. The fourth-order valence-corrected chi connectivity index (χ4v) is 5.88. The van der Waals surface area contributed by atoms with Crippen LogP contribution in [0.15, 0.2) is 23.8 Å². The van der Waals surface area contributed by atoms with E-state index in [0.29, 0.717) is 34.5 Å². The first kappa shape index (κ1) is 27.1. The lowest BCUT2D eigenvalue weighted by Gasteiger charge is -2.44. The predicted octanol–water partition coefficient (Wildman–Crippen LogP) is 1.33. The molecule has 1 aromatic carbocycles. The normalized spacial score (nSPS) is 25.1. The zero-order valence-electron chi connectivity index (χ0n) is 21.4. The van der Waals surface area contributed by atoms with Gasteiger partial charge in [0.2, 0.25) is 11.8 Å². The number of ether oxygens (including phenoxy) is 3. The molecular weight excluding hydrogens is 480 g/mol. The predicted molar refractivity (Wildman–Crippen MR) is 134 cm³/mol. The second-order valence-corrected chi connectivity index (χ2v) is 9.78. The molecule has 1 aromatic rings. The van der Waals surface area contributed by atoms with Crippen LogP contribution in [0.1, 0.15) is 60.4 Å². The quantitative estimate of drug-likeness (QED) is 0.331. The van der Waals surface area contributed by atoms with Gasteiger partial charge in [-0.1, -0.05) is 25.7 Å². The van der Waals surface area contributed by atoms with Gasteiger partial charge in [0.05, 0.1) is 25.7 Å². The van der Waals surface area contributed by atoms with Gasteiger partial charge in [-0.2, -0.15) is 0 Å². The van der Waals surface area contributed by atoms with Crippen LogP contribution in [-0.4, -0.2) is 91.5 Å². The van der Waals surface area contributed by atoms with Crippen molar-refractivity contribution in [1.29, 1.82) is 0 Å². The first-order chi connectivity index (χ1) is 17.9. The van der Waals surface area contributed by atoms with Gasteiger partial charge in [-0.05, 0) is 31.1 Å². The number of aldehydes is 1. The monoisotopic (exact) mass is 516 g/mol. The highest BCUT2D eigenvalue weighted by Gasteiger charge is 2.52. The Morgan fingerprint density at radius 2 is 1.92 bits per heavy atom. The highest BCUT2D eigenvalue weighted by atomic mass is 16.5. The zero-order valence-corrected chi connectivity index (χ0v) is 21.4. The molecule has 0 aromatic heterocycles. The number of carbonyl (C=O) groups excluding carboxylic acids is 3. The van der Waals surface area contributed by atoms with Crippen molar-refractivity contribution in [3.8, 4) is 11.5 Å². The number of hydrogen-bond donors (Lipinski definition) is 3. The fraction of sp³-hybridized carbons (Fsp3) is 0.593. The van der Waals surface area contributed by atoms with Crippen LogP contribution in [0, 0.1) is 0 Å². The van der Waals surface area contributed by atoms with Crippen LogP contribution >= 0.6 is 0 Å². The molecule has 10 nitrogen and oxygen atoms in total. The highest BCUT2D eigenvalue weighted by molar-refractivity contribution is 5.96. The minimum Gasteiger partial charge on any atom is -0.493 e. The molecule has 1 fully saturated rings. The van der Waals surface area contributed by atoms with Crippen LogP contribution < -0.4 is 14.8 Å². The van der Waals surface area contributed by atoms with Gasteiger partial charge in [0.25, 0.3) is 0 Å². The Morgan fingerprint density at radius 1 is 1.19 bits per heavy atom. The van der Waals surface area contributed by atoms with E-state index in [1.54, 1.807) is 23.1 Å². The summed E-state index contributed by atoms with van der Waals surface area (Å²) in [5.74, 6) is -0.716. The third kappa shape index (κ3) is 5.37. The first-order valence-electron chi connectivity index (χ1n) is 12.9. The number of nitrogens with zero attached hydrogens (tertiary/aromatic N) is 1. The summed E-state index contributed by atoms with van der Waals surface area (Å²) in [6.45, 7) is -0.345. The van der Waals surface area contributed by atoms with Crippen molar-refractivity contribution in [2.24, 2.45) is 0 Å². The van der Waals surface area contributed by atoms with Crippen molar-refractivity contribution < 1.29 is 38.8 Å². The molecule has 1 aliphatic heterocycles. The van der Waals surface area contributed by atoms with E-state index in [0.717, 1.165) is 38.5 Å². The van der Waals surface area contributed by atoms with Crippen LogP contribution in [-0.2, 0) is 14.3 Å². The summed E-state index contributed by atoms with van der Waals surface area (Å²) in [5, 5.41) is 23.7. The molecule has 0 spiro atoms. The van der Waals surface area contributed by atoms with Crippen molar-refractivity contribution in [1.82, 2.24) is 10.2 Å². The van der Waals surface area contributed by atoms with Gasteiger partial charge in [0.1, 0.15) is 25.1 Å². The number of hydrogen-bond acceptors (Lipinski definition) is 8. The molecule has 4 rings (SSSR count). The molecule has 3 N–H and O–H groups in total. The molecule has 0 saturated heterocycles. The van der Waals surface area contributed by atoms with Gasteiger partial charge < -0.3 is 34.6 Å². The number of benzene rings is 1. The molecule has 4 atom stereocenters. The minimum atomic E-state index is -1.15. The van der Waals surface area contributed by atoms with Gasteiger partial charge in [-0.15, -0.1) is 0 Å². The smallest absolute Gasteiger partial charge is 0.249 e. The van der Waals surface area contributed by atoms with Crippen molar-refractivity contribution in [2.45, 2.75) is 68.7 Å². The molecule has 0 bridgehead atoms. The number of aliphatic hydroxyl groups excluding tert-OH is 2. The standard InChI is InChI=1S/C27H36N2O8/c1-35-15-22(32)29(17-7-5-3-4-6-8-17)20-13-19(27(34)28-9-10-30)23-18-11-16(14-31)12-21(36-2)25(18)37-26(23)24(20)33/h11-14,17,20,23-24,26,30,33H,3-10,15H2,1-2H3,(H,28,34)/t20-,23+,24+,26+/m1/s1. The van der Waals surface area contributed by atoms with Gasteiger partial charge in [-0.25, -0.2) is 0 Å². The maximum atomic E-state index is 13.4. The minimum absolute atomic E-state index is 0.0428. The van der Waals surface area contributed by atoms with Crippen molar-refractivity contribution in [3.63, 3.8) is 0 Å². The van der Waals surface area contributed by atoms with Crippen LogP contribution in [0.2, 0.25) is 0 Å². The number of rotatable bonds is 9. The molecule has 0 unspecified atom stereocenters. The summed E-state index contributed by atoms with van der Waals surface area (Å²) in [5.41, 5.74) is 1.21. The van der Waals surface area contributed by atoms with Crippen molar-refractivity contribution >= 4 is 18.1 Å². The van der Waals surface area contributed by atoms with Crippen molar-refractivity contribution in [3.05, 3.63) is 34.9 Å². The molecular formula is C27H36N2O8. The Balaban J connectivity index is 1.82. The SMILES string of the molecule is COCC(=O)N(C1CCCCCC1)[C@@H]1C=C(C(=O)NCCO)[C@@H]2c3cc(C=O)cc(OC)c3O[C@@H]2[C@H]1O. The largest absolute Gasteiger partial charge is 0.493 e. The Bertz CT molecular complexity index is 1030. The second kappa shape index (κ2) is 12.1. The molecule has 1 heterocycles. The van der Waals surface area contributed by atoms with E-state index in [-0.39, 0.29) is 31.7 Å². The summed E-state index contributed by atoms with van der Waals surface area (Å²) in [6, 6.07) is 2.24. The molecule has 3 aliphatic rings. The van der Waals surface area contributed by atoms with Gasteiger partial charge >= 0.3 is 0 Å². The molecule has 202 valence electrons. The van der Waals surface area contributed by atoms with Gasteiger partial charge in [0.15, 0.2) is 11.5 Å². The number of carbonyl (C=O) groups is 3. The fourth-order valence-electron chi connectivity index (χ4n) is 5.88. The third-order valence-electron chi connectivity index (χ3n) is 7.51. The first-order valence-corrected chi connectivity index (χ1v) is 12.9. The average Bonchev–Trinajstić information content (AvgIpc) is 3.09. The lowest BCUT2D eigenvalue weighted by molar-refractivity contribution is -0.144. The number of nitrogens with one attached hydrogen (secondary N) is 1. The molecule has 37 heavy (non-hydrogen) atoms. The number of aliphatic hydroxyl groups is 2. The Labute approximate surface area is 216 Å². The van der Waals surface area contributed by atoms with E-state index in [1.165, 1.54) is 14.2 Å². The number of methoxy groups -OCH3 is 2. The van der Waals surface area contributed by atoms with E-state index in [9.17, 15) is 24.6 Å². The Kier molecular flexibility index (Phi) is 8.83. The summed E-state index contributed by atoms with van der Waals surface area (Å²) in [7, 11) is 2.91. The topological polar surface area (TPSA) is 135 Å². The lowest BCUT2D eigenvalue weighted by atomic mass is 9.76.